The number of carboxylic acid groups (broad SMARTS) is 1. The van der Waals surface area contributed by atoms with Crippen LogP contribution in [-0.4, -0.2) is 39.8 Å². The average molecular weight is 278 g/mol. The average Bonchev–Trinajstić information content (AvgIpc) is 2.41. The second-order valence-corrected chi connectivity index (χ2v) is 4.67. The molecule has 106 valence electrons. The summed E-state index contributed by atoms with van der Waals surface area (Å²) in [5.41, 5.74) is 0.225. The molecular formula is C13H14N2O5. The molecule has 0 saturated carbocycles. The summed E-state index contributed by atoms with van der Waals surface area (Å²) >= 11 is 0. The summed E-state index contributed by atoms with van der Waals surface area (Å²) in [4.78, 5) is 34.6. The molecule has 1 atom stereocenters. The molecule has 0 amide bonds. The molecule has 0 bridgehead atoms. The third kappa shape index (κ3) is 3.00. The van der Waals surface area contributed by atoms with Crippen molar-refractivity contribution in [3.8, 4) is 0 Å². The van der Waals surface area contributed by atoms with E-state index in [-0.39, 0.29) is 11.5 Å². The SMILES string of the molecule is O=C1CCN(C(C(=O)O)c2cccc([N+](=O)[O-])c2)CC1. The minimum Gasteiger partial charge on any atom is -0.480 e. The number of aliphatic carboxylic acids is 1. The van der Waals surface area contributed by atoms with Crippen LogP contribution in [0.25, 0.3) is 0 Å². The Morgan fingerprint density at radius 3 is 2.55 bits per heavy atom. The van der Waals surface area contributed by atoms with E-state index >= 15 is 0 Å². The van der Waals surface area contributed by atoms with Crippen LogP contribution in [-0.2, 0) is 9.59 Å². The van der Waals surface area contributed by atoms with Gasteiger partial charge in [0.05, 0.1) is 4.92 Å². The van der Waals surface area contributed by atoms with Gasteiger partial charge in [-0.25, -0.2) is 0 Å². The molecule has 1 heterocycles. The van der Waals surface area contributed by atoms with E-state index in [4.69, 9.17) is 0 Å². The number of carboxylic acids is 1. The van der Waals surface area contributed by atoms with Gasteiger partial charge in [0.1, 0.15) is 11.8 Å². The molecule has 1 aliphatic rings. The van der Waals surface area contributed by atoms with Gasteiger partial charge in [-0.05, 0) is 5.56 Å². The smallest absolute Gasteiger partial charge is 0.325 e. The number of ketones is 1. The largest absolute Gasteiger partial charge is 0.480 e. The van der Waals surface area contributed by atoms with Gasteiger partial charge in [-0.1, -0.05) is 12.1 Å². The Balaban J connectivity index is 2.29. The van der Waals surface area contributed by atoms with Gasteiger partial charge in [-0.15, -0.1) is 0 Å². The van der Waals surface area contributed by atoms with Crippen LogP contribution in [0.3, 0.4) is 0 Å². The fourth-order valence-corrected chi connectivity index (χ4v) is 2.35. The Hall–Kier alpha value is -2.28. The molecule has 1 saturated heterocycles. The second-order valence-electron chi connectivity index (χ2n) is 4.67. The Morgan fingerprint density at radius 1 is 1.35 bits per heavy atom. The van der Waals surface area contributed by atoms with Crippen molar-refractivity contribution in [2.75, 3.05) is 13.1 Å². The van der Waals surface area contributed by atoms with Gasteiger partial charge in [-0.2, -0.15) is 0 Å². The molecule has 1 aromatic carbocycles. The van der Waals surface area contributed by atoms with Crippen molar-refractivity contribution in [2.45, 2.75) is 18.9 Å². The molecule has 1 aromatic rings. The highest BCUT2D eigenvalue weighted by atomic mass is 16.6. The number of carbonyl (C=O) groups is 2. The van der Waals surface area contributed by atoms with Crippen LogP contribution in [0.15, 0.2) is 24.3 Å². The maximum Gasteiger partial charge on any atom is 0.325 e. The molecule has 0 aromatic heterocycles. The van der Waals surface area contributed by atoms with E-state index in [9.17, 15) is 24.8 Å². The number of hydrogen-bond acceptors (Lipinski definition) is 5. The quantitative estimate of drug-likeness (QED) is 0.659. The third-order valence-electron chi connectivity index (χ3n) is 3.35. The number of nitro benzene ring substituents is 1. The molecule has 7 heteroatoms. The summed E-state index contributed by atoms with van der Waals surface area (Å²) in [6.07, 6.45) is 0.636. The molecule has 1 N–H and O–H groups in total. The highest BCUT2D eigenvalue weighted by molar-refractivity contribution is 5.80. The summed E-state index contributed by atoms with van der Waals surface area (Å²) in [7, 11) is 0. The van der Waals surface area contributed by atoms with Gasteiger partial charge in [-0.3, -0.25) is 24.6 Å². The van der Waals surface area contributed by atoms with Crippen LogP contribution >= 0.6 is 0 Å². The Kier molecular flexibility index (Phi) is 4.09. The van der Waals surface area contributed by atoms with Crippen LogP contribution in [0.1, 0.15) is 24.4 Å². The van der Waals surface area contributed by atoms with E-state index in [1.807, 2.05) is 0 Å². The molecule has 20 heavy (non-hydrogen) atoms. The topological polar surface area (TPSA) is 101 Å². The lowest BCUT2D eigenvalue weighted by molar-refractivity contribution is -0.384. The highest BCUT2D eigenvalue weighted by Gasteiger charge is 2.31. The number of nitrogens with zero attached hydrogens (tertiary/aromatic N) is 2. The number of carbonyl (C=O) groups excluding carboxylic acids is 1. The predicted octanol–water partition coefficient (Wildman–Crippen LogP) is 1.39. The molecule has 1 aliphatic heterocycles. The van der Waals surface area contributed by atoms with Crippen LogP contribution in [0.2, 0.25) is 0 Å². The van der Waals surface area contributed by atoms with Gasteiger partial charge in [0.15, 0.2) is 0 Å². The first-order valence-corrected chi connectivity index (χ1v) is 6.22. The van der Waals surface area contributed by atoms with Gasteiger partial charge in [0, 0.05) is 38.1 Å². The lowest BCUT2D eigenvalue weighted by Gasteiger charge is -2.31. The lowest BCUT2D eigenvalue weighted by atomic mass is 10.0. The lowest BCUT2D eigenvalue weighted by Crippen LogP contribution is -2.40. The van der Waals surface area contributed by atoms with Crippen molar-refractivity contribution in [3.05, 3.63) is 39.9 Å². The second kappa shape index (κ2) is 5.79. The van der Waals surface area contributed by atoms with Crippen molar-refractivity contribution in [3.63, 3.8) is 0 Å². The first-order chi connectivity index (χ1) is 9.49. The third-order valence-corrected chi connectivity index (χ3v) is 3.35. The monoisotopic (exact) mass is 278 g/mol. The normalized spacial score (nSPS) is 17.7. The zero-order chi connectivity index (χ0) is 14.7. The summed E-state index contributed by atoms with van der Waals surface area (Å²) in [6, 6.07) is 4.67. The number of nitro groups is 1. The van der Waals surface area contributed by atoms with Gasteiger partial charge in [0.2, 0.25) is 0 Å². The molecular weight excluding hydrogens is 264 g/mol. The Labute approximate surface area is 115 Å². The fourth-order valence-electron chi connectivity index (χ4n) is 2.35. The van der Waals surface area contributed by atoms with E-state index in [0.717, 1.165) is 0 Å². The Morgan fingerprint density at radius 2 is 2.00 bits per heavy atom. The van der Waals surface area contributed by atoms with Crippen molar-refractivity contribution in [1.29, 1.82) is 0 Å². The van der Waals surface area contributed by atoms with Gasteiger partial charge >= 0.3 is 5.97 Å². The molecule has 7 nitrogen and oxygen atoms in total. The first-order valence-electron chi connectivity index (χ1n) is 6.22. The number of non-ortho nitro benzene ring substituents is 1. The summed E-state index contributed by atoms with van der Waals surface area (Å²) in [5, 5.41) is 20.1. The van der Waals surface area contributed by atoms with Crippen molar-refractivity contribution in [2.24, 2.45) is 0 Å². The van der Waals surface area contributed by atoms with Gasteiger partial charge < -0.3 is 5.11 Å². The van der Waals surface area contributed by atoms with Crippen LogP contribution in [0.4, 0.5) is 5.69 Å². The van der Waals surface area contributed by atoms with Crippen LogP contribution in [0, 0.1) is 10.1 Å². The van der Waals surface area contributed by atoms with Crippen molar-refractivity contribution < 1.29 is 19.6 Å². The summed E-state index contributed by atoms with van der Waals surface area (Å²) < 4.78 is 0. The zero-order valence-electron chi connectivity index (χ0n) is 10.7. The van der Waals surface area contributed by atoms with E-state index in [1.54, 1.807) is 11.0 Å². The summed E-state index contributed by atoms with van der Waals surface area (Å²) in [5.74, 6) is -0.954. The maximum atomic E-state index is 11.5. The molecule has 1 unspecified atom stereocenters. The molecule has 2 rings (SSSR count). The fraction of sp³-hybridized carbons (Fsp3) is 0.385. The maximum absolute atomic E-state index is 11.5. The minimum absolute atomic E-state index is 0.115. The molecule has 1 fully saturated rings. The van der Waals surface area contributed by atoms with Gasteiger partial charge in [0.25, 0.3) is 5.69 Å². The van der Waals surface area contributed by atoms with Crippen LogP contribution in [0.5, 0.6) is 0 Å². The number of likely N-dealkylation sites (tertiary alicyclic amines) is 1. The Bertz CT molecular complexity index is 547. The number of piperidine rings is 1. The van der Waals surface area contributed by atoms with E-state index in [2.05, 4.69) is 0 Å². The number of rotatable bonds is 4. The first kappa shape index (κ1) is 14.1. The number of benzene rings is 1. The van der Waals surface area contributed by atoms with Crippen molar-refractivity contribution in [1.82, 2.24) is 4.90 Å². The standard InChI is InChI=1S/C13H14N2O5/c16-11-4-6-14(7-5-11)12(13(17)18)9-2-1-3-10(8-9)15(19)20/h1-3,8,12H,4-7H2,(H,17,18). The number of hydrogen-bond donors (Lipinski definition) is 1. The van der Waals surface area contributed by atoms with E-state index in [1.165, 1.54) is 18.2 Å². The highest BCUT2D eigenvalue weighted by Crippen LogP contribution is 2.26. The number of Topliss-reactive ketones (excluding diaryl/α,β-unsaturated/α-hetero) is 1. The van der Waals surface area contributed by atoms with E-state index in [0.29, 0.717) is 31.5 Å². The zero-order valence-corrected chi connectivity index (χ0v) is 10.7. The van der Waals surface area contributed by atoms with E-state index < -0.39 is 16.9 Å². The minimum atomic E-state index is -1.07. The molecule has 0 aliphatic carbocycles. The molecule has 0 radical (unpaired) electrons. The summed E-state index contributed by atoms with van der Waals surface area (Å²) in [6.45, 7) is 0.719. The predicted molar refractivity (Wildman–Crippen MR) is 69.3 cm³/mol. The van der Waals surface area contributed by atoms with Crippen molar-refractivity contribution >= 4 is 17.4 Å². The van der Waals surface area contributed by atoms with Crippen LogP contribution < -0.4 is 0 Å². The molecule has 0 spiro atoms.